The summed E-state index contributed by atoms with van der Waals surface area (Å²) >= 11 is 6.20. The van der Waals surface area contributed by atoms with Crippen LogP contribution < -0.4 is 10.9 Å². The maximum Gasteiger partial charge on any atom is 0.287 e. The molecule has 21 heavy (non-hydrogen) atoms. The van der Waals surface area contributed by atoms with E-state index in [-0.39, 0.29) is 10.6 Å². The highest BCUT2D eigenvalue weighted by Crippen LogP contribution is 2.30. The van der Waals surface area contributed by atoms with Gasteiger partial charge in [0.15, 0.2) is 0 Å². The number of aryl methyl sites for hydroxylation is 1. The molecule has 1 aromatic heterocycles. The maximum absolute atomic E-state index is 12.1. The van der Waals surface area contributed by atoms with E-state index in [0.717, 1.165) is 25.3 Å². The van der Waals surface area contributed by atoms with E-state index in [1.54, 1.807) is 6.20 Å². The predicted molar refractivity (Wildman–Crippen MR) is 88.0 cm³/mol. The van der Waals surface area contributed by atoms with Crippen LogP contribution in [0.5, 0.6) is 0 Å². The molecule has 1 aliphatic carbocycles. The van der Waals surface area contributed by atoms with Crippen molar-refractivity contribution in [3.63, 3.8) is 0 Å². The van der Waals surface area contributed by atoms with Crippen molar-refractivity contribution in [3.05, 3.63) is 21.6 Å². The molecule has 2 rings (SSSR count). The molecule has 0 spiro atoms. The summed E-state index contributed by atoms with van der Waals surface area (Å²) in [5, 5.41) is 7.81. The number of nitrogens with one attached hydrogen (secondary N) is 1. The first-order chi connectivity index (χ1) is 10.1. The Labute approximate surface area is 131 Å². The van der Waals surface area contributed by atoms with Gasteiger partial charge in [0, 0.05) is 13.1 Å². The quantitative estimate of drug-likeness (QED) is 0.865. The molecule has 2 unspecified atom stereocenters. The molecule has 0 saturated heterocycles. The molecule has 0 amide bonds. The van der Waals surface area contributed by atoms with Crippen molar-refractivity contribution in [2.45, 2.75) is 58.9 Å². The van der Waals surface area contributed by atoms with E-state index in [2.05, 4.69) is 24.3 Å². The molecule has 5 heteroatoms. The summed E-state index contributed by atoms with van der Waals surface area (Å²) in [4.78, 5) is 12.1. The predicted octanol–water partition coefficient (Wildman–Crippen LogP) is 3.94. The fraction of sp³-hybridized carbons (Fsp3) is 0.750. The highest BCUT2D eigenvalue weighted by molar-refractivity contribution is 6.32. The molecular weight excluding hydrogens is 286 g/mol. The highest BCUT2D eigenvalue weighted by atomic mass is 35.5. The van der Waals surface area contributed by atoms with E-state index in [4.69, 9.17) is 11.6 Å². The molecule has 1 saturated carbocycles. The van der Waals surface area contributed by atoms with Gasteiger partial charge in [-0.25, -0.2) is 4.68 Å². The molecule has 1 N–H and O–H groups in total. The molecule has 0 radical (unpaired) electrons. The van der Waals surface area contributed by atoms with Crippen LogP contribution in [0.4, 0.5) is 5.69 Å². The van der Waals surface area contributed by atoms with Gasteiger partial charge in [0.05, 0.1) is 11.9 Å². The Hall–Kier alpha value is -1.03. The summed E-state index contributed by atoms with van der Waals surface area (Å²) in [6.45, 7) is 5.91. The van der Waals surface area contributed by atoms with E-state index in [0.29, 0.717) is 18.2 Å². The van der Waals surface area contributed by atoms with E-state index in [1.807, 2.05) is 0 Å². The van der Waals surface area contributed by atoms with Gasteiger partial charge in [0.25, 0.3) is 5.56 Å². The van der Waals surface area contributed by atoms with E-state index in [1.165, 1.54) is 30.4 Å². The largest absolute Gasteiger partial charge is 0.382 e. The van der Waals surface area contributed by atoms with Crippen molar-refractivity contribution in [1.29, 1.82) is 0 Å². The number of hydrogen-bond donors (Lipinski definition) is 1. The average Bonchev–Trinajstić information content (AvgIpc) is 2.49. The van der Waals surface area contributed by atoms with Crippen molar-refractivity contribution in [3.8, 4) is 0 Å². The third kappa shape index (κ3) is 4.22. The van der Waals surface area contributed by atoms with Crippen LogP contribution >= 0.6 is 11.6 Å². The number of nitrogens with zero attached hydrogens (tertiary/aromatic N) is 2. The number of aromatic nitrogens is 2. The van der Waals surface area contributed by atoms with Crippen LogP contribution in [0.15, 0.2) is 11.0 Å². The van der Waals surface area contributed by atoms with Gasteiger partial charge < -0.3 is 5.32 Å². The first-order valence-corrected chi connectivity index (χ1v) is 8.50. The highest BCUT2D eigenvalue weighted by Gasteiger charge is 2.21. The lowest BCUT2D eigenvalue weighted by atomic mass is 9.80. The third-order valence-corrected chi connectivity index (χ3v) is 4.92. The minimum absolute atomic E-state index is 0.188. The summed E-state index contributed by atoms with van der Waals surface area (Å²) in [7, 11) is 0. The van der Waals surface area contributed by atoms with Gasteiger partial charge in [0.2, 0.25) is 0 Å². The number of rotatable bonds is 6. The Morgan fingerprint density at radius 3 is 2.90 bits per heavy atom. The Bertz CT molecular complexity index is 515. The van der Waals surface area contributed by atoms with E-state index >= 15 is 0 Å². The third-order valence-electron chi connectivity index (χ3n) is 4.55. The van der Waals surface area contributed by atoms with Crippen LogP contribution in [0.2, 0.25) is 5.02 Å². The van der Waals surface area contributed by atoms with Gasteiger partial charge in [-0.1, -0.05) is 51.1 Å². The van der Waals surface area contributed by atoms with Crippen molar-refractivity contribution >= 4 is 17.3 Å². The molecular formula is C16H26ClN3O. The smallest absolute Gasteiger partial charge is 0.287 e. The fourth-order valence-corrected chi connectivity index (χ4v) is 3.21. The van der Waals surface area contributed by atoms with Gasteiger partial charge in [0.1, 0.15) is 5.02 Å². The number of halogens is 1. The molecule has 1 aliphatic rings. The van der Waals surface area contributed by atoms with Crippen molar-refractivity contribution < 1.29 is 0 Å². The van der Waals surface area contributed by atoms with Crippen LogP contribution in [0.25, 0.3) is 0 Å². The molecule has 2 atom stereocenters. The maximum atomic E-state index is 12.1. The first kappa shape index (κ1) is 16.3. The zero-order chi connectivity index (χ0) is 15.2. The average molecular weight is 312 g/mol. The first-order valence-electron chi connectivity index (χ1n) is 8.13. The topological polar surface area (TPSA) is 46.9 Å². The summed E-state index contributed by atoms with van der Waals surface area (Å²) in [6, 6.07) is 0. The monoisotopic (exact) mass is 311 g/mol. The molecule has 118 valence electrons. The second kappa shape index (κ2) is 7.83. The van der Waals surface area contributed by atoms with Crippen LogP contribution in [-0.4, -0.2) is 16.3 Å². The van der Waals surface area contributed by atoms with Gasteiger partial charge in [-0.15, -0.1) is 0 Å². The Balaban J connectivity index is 2.00. The van der Waals surface area contributed by atoms with E-state index < -0.39 is 0 Å². The molecule has 1 heterocycles. The van der Waals surface area contributed by atoms with Gasteiger partial charge >= 0.3 is 0 Å². The Kier molecular flexibility index (Phi) is 6.09. The van der Waals surface area contributed by atoms with Crippen molar-refractivity contribution in [2.24, 2.45) is 11.8 Å². The lowest BCUT2D eigenvalue weighted by molar-refractivity contribution is 0.268. The summed E-state index contributed by atoms with van der Waals surface area (Å²) in [5.41, 5.74) is 0.485. The molecule has 1 fully saturated rings. The summed E-state index contributed by atoms with van der Waals surface area (Å²) in [6.07, 6.45) is 8.87. The number of hydrogen-bond acceptors (Lipinski definition) is 3. The lowest BCUT2D eigenvalue weighted by Crippen LogP contribution is -2.27. The Morgan fingerprint density at radius 1 is 1.43 bits per heavy atom. The van der Waals surface area contributed by atoms with Crippen LogP contribution in [0, 0.1) is 11.8 Å². The van der Waals surface area contributed by atoms with Crippen molar-refractivity contribution in [1.82, 2.24) is 9.78 Å². The zero-order valence-corrected chi connectivity index (χ0v) is 13.8. The standard InChI is InChI=1S/C16H26ClN3O/c1-3-4-9-20-16(21)15(17)14(11-19-20)18-10-13-8-6-5-7-12(13)2/h11-13,18H,3-10H2,1-2H3. The number of unbranched alkanes of at least 4 members (excludes halogenated alkanes) is 1. The van der Waals surface area contributed by atoms with Gasteiger partial charge in [-0.05, 0) is 24.7 Å². The normalized spacial score (nSPS) is 22.2. The fourth-order valence-electron chi connectivity index (χ4n) is 2.99. The summed E-state index contributed by atoms with van der Waals surface area (Å²) in [5.74, 6) is 1.40. The molecule has 0 bridgehead atoms. The van der Waals surface area contributed by atoms with Crippen LogP contribution in [-0.2, 0) is 6.54 Å². The zero-order valence-electron chi connectivity index (χ0n) is 13.1. The second-order valence-corrected chi connectivity index (χ2v) is 6.53. The second-order valence-electron chi connectivity index (χ2n) is 6.16. The molecule has 0 aromatic carbocycles. The SMILES string of the molecule is CCCCn1ncc(NCC2CCCCC2C)c(Cl)c1=O. The lowest BCUT2D eigenvalue weighted by Gasteiger charge is -2.29. The minimum atomic E-state index is -0.188. The molecule has 4 nitrogen and oxygen atoms in total. The number of anilines is 1. The van der Waals surface area contributed by atoms with Crippen LogP contribution in [0.1, 0.15) is 52.4 Å². The van der Waals surface area contributed by atoms with Gasteiger partial charge in [-0.2, -0.15) is 5.10 Å². The van der Waals surface area contributed by atoms with E-state index in [9.17, 15) is 4.79 Å². The Morgan fingerprint density at radius 2 is 2.19 bits per heavy atom. The van der Waals surface area contributed by atoms with Crippen molar-refractivity contribution in [2.75, 3.05) is 11.9 Å². The molecule has 1 aromatic rings. The minimum Gasteiger partial charge on any atom is -0.382 e. The summed E-state index contributed by atoms with van der Waals surface area (Å²) < 4.78 is 1.46. The molecule has 0 aliphatic heterocycles. The van der Waals surface area contributed by atoms with Gasteiger partial charge in [-0.3, -0.25) is 4.79 Å². The van der Waals surface area contributed by atoms with Crippen LogP contribution in [0.3, 0.4) is 0 Å².